The Morgan fingerprint density at radius 3 is 1.62 bits per heavy atom. The number of carbonyl (C=O) groups excluding carboxylic acids is 2. The van der Waals surface area contributed by atoms with E-state index in [1.807, 2.05) is 103 Å². The summed E-state index contributed by atoms with van der Waals surface area (Å²) in [7, 11) is 0. The number of fused-ring (bicyclic) bond motifs is 4. The fourth-order valence-electron chi connectivity index (χ4n) is 7.50. The molecule has 0 N–H and O–H groups in total. The molecule has 1 aliphatic rings. The van der Waals surface area contributed by atoms with Crippen molar-refractivity contribution in [2.75, 3.05) is 4.90 Å². The maximum atomic E-state index is 15.1. The summed E-state index contributed by atoms with van der Waals surface area (Å²) in [5.74, 6) is -1.17. The van der Waals surface area contributed by atoms with E-state index in [2.05, 4.69) is 0 Å². The lowest BCUT2D eigenvalue weighted by Crippen LogP contribution is -2.30. The number of amides is 2. The molecule has 9 rings (SSSR count). The lowest BCUT2D eigenvalue weighted by molar-refractivity contribution is -0.136. The lowest BCUT2D eigenvalue weighted by atomic mass is 9.90. The van der Waals surface area contributed by atoms with Crippen molar-refractivity contribution >= 4 is 39.3 Å². The predicted molar refractivity (Wildman–Crippen MR) is 200 cm³/mol. The number of nitrogens with zero attached hydrogens (tertiary/aromatic N) is 2. The molecule has 52 heavy (non-hydrogen) atoms. The number of anilines is 1. The van der Waals surface area contributed by atoms with E-state index >= 15 is 4.79 Å². The van der Waals surface area contributed by atoms with E-state index in [0.717, 1.165) is 28.3 Å². The lowest BCUT2D eigenvalue weighted by Gasteiger charge is -2.24. The first kappa shape index (κ1) is 31.3. The topological polar surface area (TPSA) is 42.3 Å². The zero-order chi connectivity index (χ0) is 35.6. The van der Waals surface area contributed by atoms with Gasteiger partial charge in [0.15, 0.2) is 0 Å². The third kappa shape index (κ3) is 4.85. The van der Waals surface area contributed by atoms with Gasteiger partial charge >= 0.3 is 6.18 Å². The number of benzene rings is 7. The zero-order valence-electron chi connectivity index (χ0n) is 27.4. The van der Waals surface area contributed by atoms with E-state index in [1.165, 1.54) is 15.5 Å². The molecule has 0 atom stereocenters. The summed E-state index contributed by atoms with van der Waals surface area (Å²) in [6.45, 7) is 0. The molecule has 0 fully saturated rings. The molecule has 7 heteroatoms. The van der Waals surface area contributed by atoms with Gasteiger partial charge in [0.05, 0.1) is 39.1 Å². The van der Waals surface area contributed by atoms with Gasteiger partial charge in [-0.3, -0.25) is 9.59 Å². The fraction of sp³-hybridized carbons (Fsp3) is 0.0222. The van der Waals surface area contributed by atoms with Gasteiger partial charge in [0, 0.05) is 21.9 Å². The Balaban J connectivity index is 1.33. The van der Waals surface area contributed by atoms with Crippen LogP contribution in [0.1, 0.15) is 26.3 Å². The van der Waals surface area contributed by atoms with Gasteiger partial charge in [0.1, 0.15) is 0 Å². The van der Waals surface area contributed by atoms with Crippen molar-refractivity contribution in [2.24, 2.45) is 0 Å². The summed E-state index contributed by atoms with van der Waals surface area (Å²) in [6, 6.07) is 48.9. The molecule has 0 saturated carbocycles. The number of para-hydroxylation sites is 2. The molecule has 0 aliphatic carbocycles. The average Bonchev–Trinajstić information content (AvgIpc) is 3.65. The standard InChI is InChI=1S/C45H27F3N2O2/c46-45(47,48)37-23-12-21-33-32-20-10-11-24-38(32)49(42(33)37)39-25-13-22-34-40(39)44(52)50(43(34)51)41-35(29-16-6-2-7-17-29)26-31(28-14-4-1-5-15-28)27-36(41)30-18-8-3-9-19-30/h1-27H. The maximum Gasteiger partial charge on any atom is 0.418 e. The number of hydrogen-bond acceptors (Lipinski definition) is 2. The molecule has 0 saturated heterocycles. The average molecular weight is 685 g/mol. The van der Waals surface area contributed by atoms with Crippen LogP contribution in [0.25, 0.3) is 60.9 Å². The van der Waals surface area contributed by atoms with Crippen LogP contribution in [0.4, 0.5) is 18.9 Å². The highest BCUT2D eigenvalue weighted by atomic mass is 19.4. The molecule has 7 aromatic carbocycles. The van der Waals surface area contributed by atoms with Gasteiger partial charge in [0.25, 0.3) is 11.8 Å². The van der Waals surface area contributed by atoms with Crippen molar-refractivity contribution in [1.82, 2.24) is 4.57 Å². The van der Waals surface area contributed by atoms with Gasteiger partial charge in [-0.2, -0.15) is 13.2 Å². The Labute approximate surface area is 296 Å². The maximum absolute atomic E-state index is 15.1. The van der Waals surface area contributed by atoms with E-state index in [1.54, 1.807) is 48.5 Å². The van der Waals surface area contributed by atoms with Gasteiger partial charge in [-0.05, 0) is 58.7 Å². The summed E-state index contributed by atoms with van der Waals surface area (Å²) < 4.78 is 45.5. The van der Waals surface area contributed by atoms with Gasteiger partial charge in [-0.25, -0.2) is 4.90 Å². The van der Waals surface area contributed by atoms with Crippen molar-refractivity contribution in [3.63, 3.8) is 0 Å². The number of rotatable bonds is 5. The Hall–Kier alpha value is -6.73. The Morgan fingerprint density at radius 2 is 1.00 bits per heavy atom. The molecule has 250 valence electrons. The molecule has 0 radical (unpaired) electrons. The quantitative estimate of drug-likeness (QED) is 0.169. The summed E-state index contributed by atoms with van der Waals surface area (Å²) >= 11 is 0. The molecule has 8 aromatic rings. The van der Waals surface area contributed by atoms with Crippen molar-refractivity contribution in [3.05, 3.63) is 180 Å². The van der Waals surface area contributed by atoms with Crippen LogP contribution < -0.4 is 4.90 Å². The number of aromatic nitrogens is 1. The normalized spacial score (nSPS) is 12.9. The Bertz CT molecular complexity index is 2640. The van der Waals surface area contributed by atoms with Crippen LogP contribution in [0.15, 0.2) is 164 Å². The zero-order valence-corrected chi connectivity index (χ0v) is 27.4. The van der Waals surface area contributed by atoms with Crippen LogP contribution in [-0.2, 0) is 6.18 Å². The Morgan fingerprint density at radius 1 is 0.462 bits per heavy atom. The van der Waals surface area contributed by atoms with Crippen molar-refractivity contribution in [3.8, 4) is 39.1 Å². The van der Waals surface area contributed by atoms with E-state index in [0.29, 0.717) is 33.1 Å². The van der Waals surface area contributed by atoms with E-state index in [4.69, 9.17) is 0 Å². The van der Waals surface area contributed by atoms with Crippen LogP contribution in [0.5, 0.6) is 0 Å². The highest BCUT2D eigenvalue weighted by Crippen LogP contribution is 2.47. The Kier molecular flexibility index (Phi) is 7.19. The molecule has 0 spiro atoms. The second-order valence-corrected chi connectivity index (χ2v) is 12.7. The molecule has 4 nitrogen and oxygen atoms in total. The molecule has 1 aliphatic heterocycles. The summed E-state index contributed by atoms with van der Waals surface area (Å²) in [5.41, 5.74) is 5.08. The fourth-order valence-corrected chi connectivity index (χ4v) is 7.50. The van der Waals surface area contributed by atoms with Crippen LogP contribution >= 0.6 is 0 Å². The third-order valence-electron chi connectivity index (χ3n) is 9.74. The molecule has 0 bridgehead atoms. The van der Waals surface area contributed by atoms with Crippen molar-refractivity contribution < 1.29 is 22.8 Å². The minimum Gasteiger partial charge on any atom is -0.308 e. The molecular formula is C45H27F3N2O2. The third-order valence-corrected chi connectivity index (χ3v) is 9.74. The highest BCUT2D eigenvalue weighted by Gasteiger charge is 2.42. The van der Waals surface area contributed by atoms with Crippen molar-refractivity contribution in [2.45, 2.75) is 6.18 Å². The number of carbonyl (C=O) groups is 2. The number of imide groups is 1. The summed E-state index contributed by atoms with van der Waals surface area (Å²) in [6.07, 6.45) is -4.68. The molecule has 2 amide bonds. The number of hydrogen-bond donors (Lipinski definition) is 0. The molecular weight excluding hydrogens is 658 g/mol. The molecule has 0 unspecified atom stereocenters. The van der Waals surface area contributed by atoms with E-state index in [-0.39, 0.29) is 22.3 Å². The van der Waals surface area contributed by atoms with Crippen LogP contribution in [0, 0.1) is 0 Å². The van der Waals surface area contributed by atoms with Gasteiger partial charge < -0.3 is 4.57 Å². The summed E-state index contributed by atoms with van der Waals surface area (Å²) in [4.78, 5) is 31.0. The smallest absolute Gasteiger partial charge is 0.308 e. The second kappa shape index (κ2) is 12.0. The monoisotopic (exact) mass is 684 g/mol. The predicted octanol–water partition coefficient (Wildman–Crippen LogP) is 11.6. The van der Waals surface area contributed by atoms with Gasteiger partial charge in [-0.1, -0.05) is 127 Å². The van der Waals surface area contributed by atoms with Crippen LogP contribution in [0.3, 0.4) is 0 Å². The first-order valence-electron chi connectivity index (χ1n) is 16.8. The largest absolute Gasteiger partial charge is 0.418 e. The summed E-state index contributed by atoms with van der Waals surface area (Å²) in [5, 5.41) is 0.995. The molecule has 1 aromatic heterocycles. The second-order valence-electron chi connectivity index (χ2n) is 12.7. The number of halogens is 3. The van der Waals surface area contributed by atoms with Crippen LogP contribution in [-0.4, -0.2) is 16.4 Å². The van der Waals surface area contributed by atoms with Gasteiger partial charge in [-0.15, -0.1) is 0 Å². The first-order chi connectivity index (χ1) is 25.3. The first-order valence-corrected chi connectivity index (χ1v) is 16.8. The highest BCUT2D eigenvalue weighted by molar-refractivity contribution is 6.37. The minimum absolute atomic E-state index is 0.0392. The number of alkyl halides is 3. The van der Waals surface area contributed by atoms with E-state index < -0.39 is 23.6 Å². The molecule has 2 heterocycles. The van der Waals surface area contributed by atoms with E-state index in [9.17, 15) is 18.0 Å². The minimum atomic E-state index is -4.68. The van der Waals surface area contributed by atoms with Crippen LogP contribution in [0.2, 0.25) is 0 Å². The van der Waals surface area contributed by atoms with Crippen molar-refractivity contribution in [1.29, 1.82) is 0 Å². The van der Waals surface area contributed by atoms with Gasteiger partial charge in [0.2, 0.25) is 0 Å². The SMILES string of the molecule is O=C1c2cccc(-n3c4ccccc4c4cccc(C(F)(F)F)c43)c2C(=O)N1c1c(-c2ccccc2)cc(-c2ccccc2)cc1-c1ccccc1.